The van der Waals surface area contributed by atoms with E-state index in [1.165, 1.54) is 12.8 Å². The Morgan fingerprint density at radius 3 is 2.78 bits per heavy atom. The van der Waals surface area contributed by atoms with E-state index in [1.807, 2.05) is 0 Å². The van der Waals surface area contributed by atoms with E-state index in [4.69, 9.17) is 0 Å². The van der Waals surface area contributed by atoms with E-state index >= 15 is 0 Å². The van der Waals surface area contributed by atoms with E-state index in [-0.39, 0.29) is 11.9 Å². The smallest absolute Gasteiger partial charge is 0.239 e. The highest BCUT2D eigenvalue weighted by atomic mass is 79.9. The Balaban J connectivity index is 1.88. The normalized spacial score (nSPS) is 27.6. The summed E-state index contributed by atoms with van der Waals surface area (Å²) in [4.78, 5) is 22.4. The van der Waals surface area contributed by atoms with Gasteiger partial charge in [0.2, 0.25) is 11.9 Å². The second kappa shape index (κ2) is 4.84. The zero-order chi connectivity index (χ0) is 12.5. The SMILES string of the molecule is O=C1CN(c2ncc(Br)cn2)C2CCCCC2N1. The largest absolute Gasteiger partial charge is 0.350 e. The number of nitrogens with zero attached hydrogens (tertiary/aromatic N) is 3. The van der Waals surface area contributed by atoms with Crippen molar-refractivity contribution in [1.29, 1.82) is 0 Å². The van der Waals surface area contributed by atoms with E-state index in [2.05, 4.69) is 36.1 Å². The second-order valence-electron chi connectivity index (χ2n) is 4.85. The molecule has 6 heteroatoms. The topological polar surface area (TPSA) is 58.1 Å². The van der Waals surface area contributed by atoms with Gasteiger partial charge in [-0.1, -0.05) is 12.8 Å². The van der Waals surface area contributed by atoms with E-state index in [9.17, 15) is 4.79 Å². The molecule has 2 atom stereocenters. The van der Waals surface area contributed by atoms with Crippen molar-refractivity contribution in [3.63, 3.8) is 0 Å². The number of carbonyl (C=O) groups is 1. The number of hydrogen-bond donors (Lipinski definition) is 1. The van der Waals surface area contributed by atoms with Gasteiger partial charge in [0.05, 0.1) is 10.5 Å². The average Bonchev–Trinajstić information content (AvgIpc) is 2.38. The third kappa shape index (κ3) is 2.21. The van der Waals surface area contributed by atoms with Crippen molar-refractivity contribution in [2.45, 2.75) is 37.8 Å². The van der Waals surface area contributed by atoms with Crippen molar-refractivity contribution >= 4 is 27.8 Å². The van der Waals surface area contributed by atoms with Crippen LogP contribution in [0.2, 0.25) is 0 Å². The Hall–Kier alpha value is -1.17. The molecule has 0 bridgehead atoms. The molecule has 1 aromatic rings. The molecule has 2 aliphatic rings. The summed E-state index contributed by atoms with van der Waals surface area (Å²) >= 11 is 3.33. The first-order chi connectivity index (χ1) is 8.74. The van der Waals surface area contributed by atoms with Crippen molar-refractivity contribution in [2.75, 3.05) is 11.4 Å². The number of rotatable bonds is 1. The van der Waals surface area contributed by atoms with Crippen molar-refractivity contribution < 1.29 is 4.79 Å². The van der Waals surface area contributed by atoms with Crippen LogP contribution < -0.4 is 10.2 Å². The maximum absolute atomic E-state index is 11.8. The summed E-state index contributed by atoms with van der Waals surface area (Å²) in [5.74, 6) is 0.731. The second-order valence-corrected chi connectivity index (χ2v) is 5.77. The molecule has 96 valence electrons. The molecule has 1 aromatic heterocycles. The maximum atomic E-state index is 11.8. The van der Waals surface area contributed by atoms with E-state index < -0.39 is 0 Å². The Morgan fingerprint density at radius 2 is 2.00 bits per heavy atom. The molecular weight excluding hydrogens is 296 g/mol. The fourth-order valence-electron chi connectivity index (χ4n) is 2.85. The highest BCUT2D eigenvalue weighted by molar-refractivity contribution is 9.10. The minimum absolute atomic E-state index is 0.0738. The summed E-state index contributed by atoms with van der Waals surface area (Å²) in [5, 5.41) is 3.08. The maximum Gasteiger partial charge on any atom is 0.239 e. The van der Waals surface area contributed by atoms with Crippen LogP contribution >= 0.6 is 15.9 Å². The minimum Gasteiger partial charge on any atom is -0.350 e. The number of nitrogens with one attached hydrogen (secondary N) is 1. The summed E-state index contributed by atoms with van der Waals surface area (Å²) in [6.07, 6.45) is 8.02. The lowest BCUT2D eigenvalue weighted by Gasteiger charge is -2.43. The van der Waals surface area contributed by atoms with Crippen LogP contribution in [0.25, 0.3) is 0 Å². The lowest BCUT2D eigenvalue weighted by atomic mass is 9.87. The number of carbonyl (C=O) groups excluding carboxylic acids is 1. The molecule has 18 heavy (non-hydrogen) atoms. The number of fused-ring (bicyclic) bond motifs is 1. The number of anilines is 1. The van der Waals surface area contributed by atoms with Crippen molar-refractivity contribution in [3.8, 4) is 0 Å². The molecule has 0 radical (unpaired) electrons. The molecule has 1 amide bonds. The molecule has 0 aromatic carbocycles. The standard InChI is InChI=1S/C12H15BrN4O/c13-8-5-14-12(15-6-8)17-7-11(18)16-9-3-1-2-4-10(9)17/h5-6,9-10H,1-4,7H2,(H,16,18). The molecule has 2 unspecified atom stereocenters. The number of halogens is 1. The minimum atomic E-state index is 0.0738. The summed E-state index contributed by atoms with van der Waals surface area (Å²) in [6, 6.07) is 0.602. The highest BCUT2D eigenvalue weighted by Crippen LogP contribution is 2.28. The molecule has 1 N–H and O–H groups in total. The van der Waals surface area contributed by atoms with Crippen LogP contribution in [-0.4, -0.2) is 34.5 Å². The number of amides is 1. The lowest BCUT2D eigenvalue weighted by molar-refractivity contribution is -0.122. The van der Waals surface area contributed by atoms with Gasteiger partial charge in [-0.15, -0.1) is 0 Å². The van der Waals surface area contributed by atoms with Crippen LogP contribution in [0.5, 0.6) is 0 Å². The Bertz CT molecular complexity index is 450. The lowest BCUT2D eigenvalue weighted by Crippen LogP contribution is -2.62. The monoisotopic (exact) mass is 310 g/mol. The molecule has 2 fully saturated rings. The average molecular weight is 311 g/mol. The molecule has 1 saturated heterocycles. The highest BCUT2D eigenvalue weighted by Gasteiger charge is 2.37. The number of hydrogen-bond acceptors (Lipinski definition) is 4. The summed E-state index contributed by atoms with van der Waals surface area (Å²) in [7, 11) is 0. The molecule has 1 saturated carbocycles. The Kier molecular flexibility index (Phi) is 3.20. The molecule has 0 spiro atoms. The third-order valence-electron chi connectivity index (χ3n) is 3.65. The van der Waals surface area contributed by atoms with Gasteiger partial charge in [-0.2, -0.15) is 0 Å². The quantitative estimate of drug-likeness (QED) is 0.854. The van der Waals surface area contributed by atoms with Gasteiger partial charge in [-0.3, -0.25) is 4.79 Å². The van der Waals surface area contributed by atoms with Gasteiger partial charge >= 0.3 is 0 Å². The summed E-state index contributed by atoms with van der Waals surface area (Å²) in [5.41, 5.74) is 0. The van der Waals surface area contributed by atoms with Gasteiger partial charge in [0.15, 0.2) is 0 Å². The fourth-order valence-corrected chi connectivity index (χ4v) is 3.05. The van der Waals surface area contributed by atoms with Crippen LogP contribution in [0.4, 0.5) is 5.95 Å². The van der Waals surface area contributed by atoms with Crippen molar-refractivity contribution in [3.05, 3.63) is 16.9 Å². The zero-order valence-electron chi connectivity index (χ0n) is 9.97. The van der Waals surface area contributed by atoms with Gasteiger partial charge < -0.3 is 10.2 Å². The predicted molar refractivity (Wildman–Crippen MR) is 71.3 cm³/mol. The molecule has 5 nitrogen and oxygen atoms in total. The van der Waals surface area contributed by atoms with Gasteiger partial charge in [-0.25, -0.2) is 9.97 Å². The van der Waals surface area contributed by atoms with Gasteiger partial charge in [0.25, 0.3) is 0 Å². The van der Waals surface area contributed by atoms with Gasteiger partial charge in [0, 0.05) is 18.4 Å². The first-order valence-corrected chi connectivity index (χ1v) is 7.07. The van der Waals surface area contributed by atoms with Gasteiger partial charge in [0.1, 0.15) is 6.54 Å². The Labute approximate surface area is 114 Å². The van der Waals surface area contributed by atoms with Crippen molar-refractivity contribution in [1.82, 2.24) is 15.3 Å². The van der Waals surface area contributed by atoms with Crippen LogP contribution in [0, 0.1) is 0 Å². The van der Waals surface area contributed by atoms with E-state index in [1.54, 1.807) is 12.4 Å². The van der Waals surface area contributed by atoms with E-state index in [0.717, 1.165) is 17.3 Å². The first kappa shape index (κ1) is 11.9. The number of aromatic nitrogens is 2. The Morgan fingerprint density at radius 1 is 1.28 bits per heavy atom. The first-order valence-electron chi connectivity index (χ1n) is 6.27. The molecule has 1 aliphatic heterocycles. The van der Waals surface area contributed by atoms with Crippen LogP contribution in [0.1, 0.15) is 25.7 Å². The van der Waals surface area contributed by atoms with Crippen LogP contribution in [0.3, 0.4) is 0 Å². The zero-order valence-corrected chi connectivity index (χ0v) is 11.6. The van der Waals surface area contributed by atoms with Gasteiger partial charge in [-0.05, 0) is 28.8 Å². The summed E-state index contributed by atoms with van der Waals surface area (Å²) < 4.78 is 0.855. The molecule has 3 rings (SSSR count). The third-order valence-corrected chi connectivity index (χ3v) is 4.06. The molecule has 1 aliphatic carbocycles. The van der Waals surface area contributed by atoms with E-state index in [0.29, 0.717) is 18.5 Å². The van der Waals surface area contributed by atoms with Crippen molar-refractivity contribution in [2.24, 2.45) is 0 Å². The molecule has 2 heterocycles. The summed E-state index contributed by atoms with van der Waals surface area (Å²) in [6.45, 7) is 0.364. The van der Waals surface area contributed by atoms with Crippen LogP contribution in [0.15, 0.2) is 16.9 Å². The fraction of sp³-hybridized carbons (Fsp3) is 0.583. The molecular formula is C12H15BrN4O. The number of piperazine rings is 1. The predicted octanol–water partition coefficient (Wildman–Crippen LogP) is 1.49. The van der Waals surface area contributed by atoms with Crippen LogP contribution in [-0.2, 0) is 4.79 Å².